The van der Waals surface area contributed by atoms with Crippen molar-refractivity contribution in [2.24, 2.45) is 16.3 Å². The molecular weight excluding hydrogens is 515 g/mol. The van der Waals surface area contributed by atoms with Crippen LogP contribution in [-0.2, 0) is 27.2 Å². The molecule has 0 saturated carbocycles. The Bertz CT molecular complexity index is 1240. The molecule has 0 bridgehead atoms. The van der Waals surface area contributed by atoms with Gasteiger partial charge >= 0.3 is 12.1 Å². The van der Waals surface area contributed by atoms with Gasteiger partial charge in [0.1, 0.15) is 12.0 Å². The Labute approximate surface area is 223 Å². The van der Waals surface area contributed by atoms with Gasteiger partial charge in [-0.25, -0.2) is 9.80 Å². The Morgan fingerprint density at radius 2 is 1.92 bits per heavy atom. The quantitative estimate of drug-likeness (QED) is 0.484. The molecule has 1 aromatic heterocycles. The van der Waals surface area contributed by atoms with Gasteiger partial charge in [-0.1, -0.05) is 18.2 Å². The number of hydrazone groups is 1. The second-order valence-corrected chi connectivity index (χ2v) is 9.68. The lowest BCUT2D eigenvalue weighted by Gasteiger charge is -2.40. The molecule has 0 spiro atoms. The van der Waals surface area contributed by atoms with Crippen LogP contribution in [0, 0.1) is 5.41 Å². The number of rotatable bonds is 9. The molecule has 208 valence electrons. The fourth-order valence-corrected chi connectivity index (χ4v) is 4.96. The lowest BCUT2D eigenvalue weighted by molar-refractivity contribution is -0.164. The minimum Gasteiger partial charge on any atom is -0.462 e. The number of likely N-dealkylation sites (tertiary alicyclic amines) is 1. The average molecular weight is 546 g/mol. The Balaban J connectivity index is 1.46. The maximum Gasteiger partial charge on any atom is 0.408 e. The normalized spacial score (nSPS) is 19.9. The van der Waals surface area contributed by atoms with Gasteiger partial charge in [-0.2, -0.15) is 18.3 Å². The number of hydrogen-bond donors (Lipinski definition) is 1. The molecule has 2 amide bonds. The zero-order valence-electron chi connectivity index (χ0n) is 21.5. The number of piperidine rings is 1. The number of ether oxygens (including phenoxy) is 1. The SMILES string of the molecule is CCOC(=O)c1ccc(CCC(N)C(=O)N2CCC3=NN(CC(F)(F)F)C(=O)C3(Cc3ccccn3)C2)cc1. The predicted octanol–water partition coefficient (Wildman–Crippen LogP) is 2.74. The zero-order chi connectivity index (χ0) is 28.2. The van der Waals surface area contributed by atoms with Crippen molar-refractivity contribution in [2.75, 3.05) is 26.2 Å². The first-order valence-electron chi connectivity index (χ1n) is 12.7. The van der Waals surface area contributed by atoms with Crippen molar-refractivity contribution in [1.29, 1.82) is 0 Å². The first-order valence-corrected chi connectivity index (χ1v) is 12.7. The van der Waals surface area contributed by atoms with Gasteiger partial charge in [-0.05, 0) is 49.6 Å². The van der Waals surface area contributed by atoms with E-state index < -0.39 is 36.1 Å². The zero-order valence-corrected chi connectivity index (χ0v) is 21.5. The number of aromatic nitrogens is 1. The van der Waals surface area contributed by atoms with Crippen LogP contribution in [0.5, 0.6) is 0 Å². The minimum absolute atomic E-state index is 0.0195. The molecule has 0 radical (unpaired) electrons. The molecule has 2 N–H and O–H groups in total. The molecule has 1 aromatic carbocycles. The third-order valence-corrected chi connectivity index (χ3v) is 6.89. The minimum atomic E-state index is -4.62. The summed E-state index contributed by atoms with van der Waals surface area (Å²) in [5.41, 5.74) is 6.93. The standard InChI is InChI=1S/C27H30F3N5O4/c1-2-39-24(37)19-9-6-18(7-10-19)8-11-21(31)23(36)34-14-12-22-26(16-34,15-20-5-3-4-13-32-20)25(38)35(33-22)17-27(28,29)30/h3-7,9-10,13,21H,2,8,11-12,14-17,31H2,1H3. The van der Waals surface area contributed by atoms with E-state index in [0.717, 1.165) is 5.56 Å². The van der Waals surface area contributed by atoms with Crippen molar-refractivity contribution in [2.45, 2.75) is 44.8 Å². The van der Waals surface area contributed by atoms with E-state index in [2.05, 4.69) is 10.1 Å². The van der Waals surface area contributed by atoms with E-state index in [0.29, 0.717) is 34.8 Å². The van der Waals surface area contributed by atoms with Gasteiger partial charge in [0.15, 0.2) is 0 Å². The van der Waals surface area contributed by atoms with E-state index >= 15 is 0 Å². The second-order valence-electron chi connectivity index (χ2n) is 9.68. The number of nitrogens with two attached hydrogens (primary N) is 1. The van der Waals surface area contributed by atoms with Crippen LogP contribution in [0.25, 0.3) is 0 Å². The van der Waals surface area contributed by atoms with Crippen LogP contribution in [0.1, 0.15) is 41.4 Å². The molecule has 2 aromatic rings. The molecule has 9 nitrogen and oxygen atoms in total. The van der Waals surface area contributed by atoms with Crippen molar-refractivity contribution < 1.29 is 32.3 Å². The number of aryl methyl sites for hydroxylation is 1. The summed E-state index contributed by atoms with van der Waals surface area (Å²) in [6, 6.07) is 11.0. The molecule has 39 heavy (non-hydrogen) atoms. The third kappa shape index (κ3) is 6.44. The Morgan fingerprint density at radius 3 is 2.56 bits per heavy atom. The summed E-state index contributed by atoms with van der Waals surface area (Å²) in [4.78, 5) is 44.2. The van der Waals surface area contributed by atoms with Gasteiger partial charge in [0.25, 0.3) is 5.91 Å². The van der Waals surface area contributed by atoms with Crippen LogP contribution < -0.4 is 5.73 Å². The summed E-state index contributed by atoms with van der Waals surface area (Å²) in [7, 11) is 0. The van der Waals surface area contributed by atoms with Gasteiger partial charge < -0.3 is 15.4 Å². The molecule has 1 saturated heterocycles. The van der Waals surface area contributed by atoms with Crippen LogP contribution >= 0.6 is 0 Å². The highest BCUT2D eigenvalue weighted by Crippen LogP contribution is 2.39. The van der Waals surface area contributed by atoms with Crippen molar-refractivity contribution in [3.05, 3.63) is 65.5 Å². The van der Waals surface area contributed by atoms with E-state index in [4.69, 9.17) is 10.5 Å². The lowest BCUT2D eigenvalue weighted by atomic mass is 9.74. The highest BCUT2D eigenvalue weighted by molar-refractivity contribution is 6.13. The summed E-state index contributed by atoms with van der Waals surface area (Å²) in [5, 5.41) is 4.51. The van der Waals surface area contributed by atoms with Crippen molar-refractivity contribution in [3.63, 3.8) is 0 Å². The first kappa shape index (κ1) is 28.2. The van der Waals surface area contributed by atoms with Gasteiger partial charge in [0.2, 0.25) is 5.91 Å². The molecular formula is C27H30F3N5O4. The molecule has 1 fully saturated rings. The van der Waals surface area contributed by atoms with Crippen molar-refractivity contribution >= 4 is 23.5 Å². The predicted molar refractivity (Wildman–Crippen MR) is 135 cm³/mol. The molecule has 12 heteroatoms. The highest BCUT2D eigenvalue weighted by atomic mass is 19.4. The molecule has 2 aliphatic rings. The van der Waals surface area contributed by atoms with E-state index in [1.54, 1.807) is 49.4 Å². The summed E-state index contributed by atoms with van der Waals surface area (Å²) in [6.07, 6.45) is -2.14. The number of amides is 2. The summed E-state index contributed by atoms with van der Waals surface area (Å²) >= 11 is 0. The number of fused-ring (bicyclic) bond motifs is 1. The van der Waals surface area contributed by atoms with Crippen molar-refractivity contribution in [1.82, 2.24) is 14.9 Å². The Kier molecular flexibility index (Phi) is 8.34. The van der Waals surface area contributed by atoms with Gasteiger partial charge in [0, 0.05) is 37.8 Å². The number of pyridine rings is 1. The smallest absolute Gasteiger partial charge is 0.408 e. The molecule has 2 aliphatic heterocycles. The third-order valence-electron chi connectivity index (χ3n) is 6.89. The van der Waals surface area contributed by atoms with Crippen LogP contribution in [-0.4, -0.2) is 76.8 Å². The Hall–Kier alpha value is -3.80. The summed E-state index contributed by atoms with van der Waals surface area (Å²) in [5.74, 6) is -1.60. The number of nitrogens with zero attached hydrogens (tertiary/aromatic N) is 4. The van der Waals surface area contributed by atoms with Gasteiger partial charge in [0.05, 0.1) is 23.9 Å². The number of benzene rings is 1. The number of hydrogen-bond acceptors (Lipinski definition) is 7. The van der Waals surface area contributed by atoms with Crippen LogP contribution in [0.15, 0.2) is 53.8 Å². The largest absolute Gasteiger partial charge is 0.462 e. The first-order chi connectivity index (χ1) is 18.5. The summed E-state index contributed by atoms with van der Waals surface area (Å²) < 4.78 is 44.5. The molecule has 3 heterocycles. The second kappa shape index (κ2) is 11.5. The Morgan fingerprint density at radius 1 is 1.18 bits per heavy atom. The maximum absolute atomic E-state index is 13.4. The number of halogens is 3. The summed E-state index contributed by atoms with van der Waals surface area (Å²) in [6.45, 7) is 0.563. The van der Waals surface area contributed by atoms with Crippen LogP contribution in [0.4, 0.5) is 13.2 Å². The van der Waals surface area contributed by atoms with Gasteiger partial charge in [-0.3, -0.25) is 14.6 Å². The average Bonchev–Trinajstić information content (AvgIpc) is 3.16. The fourth-order valence-electron chi connectivity index (χ4n) is 4.96. The lowest BCUT2D eigenvalue weighted by Crippen LogP contribution is -2.58. The number of alkyl halides is 3. The topological polar surface area (TPSA) is 118 Å². The molecule has 2 atom stereocenters. The fraction of sp³-hybridized carbons (Fsp3) is 0.444. The van der Waals surface area contributed by atoms with Crippen molar-refractivity contribution in [3.8, 4) is 0 Å². The highest BCUT2D eigenvalue weighted by Gasteiger charge is 2.56. The monoisotopic (exact) mass is 545 g/mol. The number of carbonyl (C=O) groups is 3. The van der Waals surface area contributed by atoms with Crippen LogP contribution in [0.2, 0.25) is 0 Å². The molecule has 2 unspecified atom stereocenters. The number of esters is 1. The molecule has 0 aliphatic carbocycles. The van der Waals surface area contributed by atoms with E-state index in [1.807, 2.05) is 0 Å². The maximum atomic E-state index is 13.4. The van der Waals surface area contributed by atoms with Crippen LogP contribution in [0.3, 0.4) is 0 Å². The molecule has 4 rings (SSSR count). The van der Waals surface area contributed by atoms with E-state index in [1.165, 1.54) is 11.1 Å². The van der Waals surface area contributed by atoms with E-state index in [9.17, 15) is 27.6 Å². The van der Waals surface area contributed by atoms with E-state index in [-0.39, 0.29) is 38.4 Å². The van der Waals surface area contributed by atoms with Gasteiger partial charge in [-0.15, -0.1) is 0 Å². The number of carbonyl (C=O) groups excluding carboxylic acids is 3.